The van der Waals surface area contributed by atoms with Crippen LogP contribution in [0.2, 0.25) is 0 Å². The van der Waals surface area contributed by atoms with Gasteiger partial charge in [-0.1, -0.05) is 13.3 Å². The molecule has 0 saturated carbocycles. The van der Waals surface area contributed by atoms with E-state index in [9.17, 15) is 4.79 Å². The molecule has 0 saturated heterocycles. The van der Waals surface area contributed by atoms with Crippen molar-refractivity contribution in [2.24, 2.45) is 0 Å². The first kappa shape index (κ1) is 11.2. The van der Waals surface area contributed by atoms with Gasteiger partial charge in [0.05, 0.1) is 5.69 Å². The molecule has 16 heavy (non-hydrogen) atoms. The van der Waals surface area contributed by atoms with E-state index < -0.39 is 0 Å². The molecule has 0 aliphatic heterocycles. The first-order valence-electron chi connectivity index (χ1n) is 6.17. The molecule has 1 aliphatic carbocycles. The van der Waals surface area contributed by atoms with E-state index >= 15 is 0 Å². The maximum atomic E-state index is 11.8. The summed E-state index contributed by atoms with van der Waals surface area (Å²) in [5.41, 5.74) is 1.94. The third-order valence-corrected chi connectivity index (χ3v) is 3.01. The minimum atomic E-state index is 0.0451. The Morgan fingerprint density at radius 2 is 2.19 bits per heavy atom. The number of hydrogen-bond donors (Lipinski definition) is 2. The quantitative estimate of drug-likeness (QED) is 0.763. The van der Waals surface area contributed by atoms with Crippen LogP contribution in [0.5, 0.6) is 0 Å². The maximum Gasteiger partial charge on any atom is 0.255 e. The lowest BCUT2D eigenvalue weighted by atomic mass is 9.97. The number of anilines is 1. The van der Waals surface area contributed by atoms with E-state index in [0.29, 0.717) is 5.95 Å². The van der Waals surface area contributed by atoms with Gasteiger partial charge >= 0.3 is 0 Å². The SMILES string of the molecule is CCCCNc1nc2c(c(=O)[nH]1)CCCC2. The van der Waals surface area contributed by atoms with Crippen LogP contribution in [-0.4, -0.2) is 16.5 Å². The van der Waals surface area contributed by atoms with Gasteiger partial charge in [0.1, 0.15) is 0 Å². The predicted molar refractivity (Wildman–Crippen MR) is 64.9 cm³/mol. The Hall–Kier alpha value is -1.32. The van der Waals surface area contributed by atoms with Crippen molar-refractivity contribution in [1.29, 1.82) is 0 Å². The van der Waals surface area contributed by atoms with Crippen molar-refractivity contribution in [3.05, 3.63) is 21.6 Å². The van der Waals surface area contributed by atoms with E-state index in [0.717, 1.165) is 56.3 Å². The molecular weight excluding hydrogens is 202 g/mol. The number of H-pyrrole nitrogens is 1. The van der Waals surface area contributed by atoms with Crippen molar-refractivity contribution in [3.8, 4) is 0 Å². The number of hydrogen-bond acceptors (Lipinski definition) is 3. The lowest BCUT2D eigenvalue weighted by molar-refractivity contribution is 0.656. The summed E-state index contributed by atoms with van der Waals surface area (Å²) in [6.45, 7) is 3.02. The van der Waals surface area contributed by atoms with Crippen molar-refractivity contribution in [2.75, 3.05) is 11.9 Å². The van der Waals surface area contributed by atoms with Crippen LogP contribution < -0.4 is 10.9 Å². The predicted octanol–water partition coefficient (Wildman–Crippen LogP) is 1.86. The second-order valence-corrected chi connectivity index (χ2v) is 4.33. The number of rotatable bonds is 4. The fourth-order valence-corrected chi connectivity index (χ4v) is 2.07. The molecular formula is C12H19N3O. The Labute approximate surface area is 95.5 Å². The summed E-state index contributed by atoms with van der Waals surface area (Å²) in [6, 6.07) is 0. The smallest absolute Gasteiger partial charge is 0.255 e. The molecule has 1 aromatic heterocycles. The van der Waals surface area contributed by atoms with Gasteiger partial charge in [-0.25, -0.2) is 4.98 Å². The molecule has 1 heterocycles. The van der Waals surface area contributed by atoms with Crippen LogP contribution in [0.15, 0.2) is 4.79 Å². The summed E-state index contributed by atoms with van der Waals surface area (Å²) < 4.78 is 0. The maximum absolute atomic E-state index is 11.8. The fraction of sp³-hybridized carbons (Fsp3) is 0.667. The molecule has 2 rings (SSSR count). The van der Waals surface area contributed by atoms with Crippen molar-refractivity contribution in [3.63, 3.8) is 0 Å². The Morgan fingerprint density at radius 1 is 1.38 bits per heavy atom. The normalized spacial score (nSPS) is 14.6. The van der Waals surface area contributed by atoms with Crippen LogP contribution in [0.1, 0.15) is 43.9 Å². The number of aryl methyl sites for hydroxylation is 1. The van der Waals surface area contributed by atoms with Crippen molar-refractivity contribution in [1.82, 2.24) is 9.97 Å². The van der Waals surface area contributed by atoms with Crippen LogP contribution in [0.4, 0.5) is 5.95 Å². The number of nitrogens with one attached hydrogen (secondary N) is 2. The summed E-state index contributed by atoms with van der Waals surface area (Å²) in [6.07, 6.45) is 6.33. The van der Waals surface area contributed by atoms with Gasteiger partial charge in [0, 0.05) is 12.1 Å². The third-order valence-electron chi connectivity index (χ3n) is 3.01. The molecule has 0 radical (unpaired) electrons. The summed E-state index contributed by atoms with van der Waals surface area (Å²) in [4.78, 5) is 19.1. The lowest BCUT2D eigenvalue weighted by Gasteiger charge is -2.14. The van der Waals surface area contributed by atoms with Crippen LogP contribution in [0, 0.1) is 0 Å². The monoisotopic (exact) mass is 221 g/mol. The van der Waals surface area contributed by atoms with E-state index in [4.69, 9.17) is 0 Å². The van der Waals surface area contributed by atoms with Gasteiger partial charge in [-0.05, 0) is 32.1 Å². The van der Waals surface area contributed by atoms with E-state index in [-0.39, 0.29) is 5.56 Å². The summed E-state index contributed by atoms with van der Waals surface area (Å²) in [5, 5.41) is 3.17. The van der Waals surface area contributed by atoms with Crippen LogP contribution >= 0.6 is 0 Å². The first-order valence-corrected chi connectivity index (χ1v) is 6.17. The van der Waals surface area contributed by atoms with Gasteiger partial charge in [0.15, 0.2) is 0 Å². The molecule has 0 amide bonds. The number of aromatic amines is 1. The van der Waals surface area contributed by atoms with Crippen LogP contribution in [0.3, 0.4) is 0 Å². The zero-order chi connectivity index (χ0) is 11.4. The molecule has 4 heteroatoms. The van der Waals surface area contributed by atoms with E-state index in [1.807, 2.05) is 0 Å². The number of nitrogens with zero attached hydrogens (tertiary/aromatic N) is 1. The molecule has 0 spiro atoms. The Kier molecular flexibility index (Phi) is 3.59. The second-order valence-electron chi connectivity index (χ2n) is 4.33. The van der Waals surface area contributed by atoms with Gasteiger partial charge in [0.25, 0.3) is 5.56 Å². The van der Waals surface area contributed by atoms with Gasteiger partial charge in [0.2, 0.25) is 5.95 Å². The Balaban J connectivity index is 2.15. The number of fused-ring (bicyclic) bond motifs is 1. The minimum Gasteiger partial charge on any atom is -0.356 e. The average molecular weight is 221 g/mol. The molecule has 88 valence electrons. The van der Waals surface area contributed by atoms with Gasteiger partial charge in [-0.15, -0.1) is 0 Å². The minimum absolute atomic E-state index is 0.0451. The van der Waals surface area contributed by atoms with E-state index in [1.54, 1.807) is 0 Å². The highest BCUT2D eigenvalue weighted by molar-refractivity contribution is 5.30. The van der Waals surface area contributed by atoms with Crippen molar-refractivity contribution in [2.45, 2.75) is 45.4 Å². The fourth-order valence-electron chi connectivity index (χ4n) is 2.07. The number of aromatic nitrogens is 2. The zero-order valence-electron chi connectivity index (χ0n) is 9.81. The highest BCUT2D eigenvalue weighted by atomic mass is 16.1. The zero-order valence-corrected chi connectivity index (χ0v) is 9.81. The molecule has 2 N–H and O–H groups in total. The topological polar surface area (TPSA) is 57.8 Å². The summed E-state index contributed by atoms with van der Waals surface area (Å²) >= 11 is 0. The first-order chi connectivity index (χ1) is 7.81. The van der Waals surface area contributed by atoms with Crippen LogP contribution in [-0.2, 0) is 12.8 Å². The van der Waals surface area contributed by atoms with Crippen LogP contribution in [0.25, 0.3) is 0 Å². The van der Waals surface area contributed by atoms with Gasteiger partial charge < -0.3 is 5.32 Å². The second kappa shape index (κ2) is 5.14. The molecule has 0 atom stereocenters. The number of unbranched alkanes of at least 4 members (excludes halogenated alkanes) is 1. The molecule has 0 unspecified atom stereocenters. The molecule has 0 aromatic carbocycles. The van der Waals surface area contributed by atoms with Crippen molar-refractivity contribution >= 4 is 5.95 Å². The molecule has 1 aliphatic rings. The lowest BCUT2D eigenvalue weighted by Crippen LogP contribution is -2.23. The van der Waals surface area contributed by atoms with Gasteiger partial charge in [-0.2, -0.15) is 0 Å². The van der Waals surface area contributed by atoms with E-state index in [2.05, 4.69) is 22.2 Å². The largest absolute Gasteiger partial charge is 0.356 e. The van der Waals surface area contributed by atoms with Crippen molar-refractivity contribution < 1.29 is 0 Å². The average Bonchev–Trinajstić information content (AvgIpc) is 2.30. The highest BCUT2D eigenvalue weighted by Crippen LogP contribution is 2.16. The molecule has 0 fully saturated rings. The molecule has 4 nitrogen and oxygen atoms in total. The summed E-state index contributed by atoms with van der Waals surface area (Å²) in [7, 11) is 0. The summed E-state index contributed by atoms with van der Waals surface area (Å²) in [5.74, 6) is 0.638. The highest BCUT2D eigenvalue weighted by Gasteiger charge is 2.14. The van der Waals surface area contributed by atoms with E-state index in [1.165, 1.54) is 0 Å². The Morgan fingerprint density at radius 3 is 3.00 bits per heavy atom. The van der Waals surface area contributed by atoms with Gasteiger partial charge in [-0.3, -0.25) is 9.78 Å². The molecule has 1 aromatic rings. The third kappa shape index (κ3) is 2.43. The Bertz CT molecular complexity index is 411. The molecule has 0 bridgehead atoms. The standard InChI is InChI=1S/C12H19N3O/c1-2-3-8-13-12-14-10-7-5-4-6-9(10)11(16)15-12/h2-8H2,1H3,(H2,13,14,15,16).